The van der Waals surface area contributed by atoms with Gasteiger partial charge in [-0.2, -0.15) is 0 Å². The Morgan fingerprint density at radius 2 is 1.74 bits per heavy atom. The number of methoxy groups -OCH3 is 1. The molecule has 0 bridgehead atoms. The predicted octanol–water partition coefficient (Wildman–Crippen LogP) is 2.96. The van der Waals surface area contributed by atoms with Crippen molar-refractivity contribution in [3.05, 3.63) is 80.1 Å². The third-order valence-electron chi connectivity index (χ3n) is 5.05. The van der Waals surface area contributed by atoms with Crippen LogP contribution in [0.3, 0.4) is 0 Å². The van der Waals surface area contributed by atoms with Gasteiger partial charge >= 0.3 is 5.69 Å². The number of hydrogen-bond acceptors (Lipinski definition) is 6. The topological polar surface area (TPSA) is 136 Å². The van der Waals surface area contributed by atoms with Crippen LogP contribution in [-0.2, 0) is 15.4 Å². The fourth-order valence-corrected chi connectivity index (χ4v) is 4.04. The summed E-state index contributed by atoms with van der Waals surface area (Å²) in [5.41, 5.74) is 8.34. The molecule has 9 nitrogen and oxygen atoms in total. The minimum atomic E-state index is -3.42. The maximum atomic E-state index is 12.4. The van der Waals surface area contributed by atoms with E-state index in [0.717, 1.165) is 11.8 Å². The lowest BCUT2D eigenvalue weighted by Crippen LogP contribution is -2.28. The number of aromatic amines is 1. The number of benzene rings is 2. The minimum absolute atomic E-state index is 0.312. The first kappa shape index (κ1) is 24.8. The van der Waals surface area contributed by atoms with Crippen LogP contribution in [0.15, 0.2) is 52.2 Å². The molecule has 3 aromatic rings. The number of nitrogens with one attached hydrogen (secondary N) is 2. The molecule has 34 heavy (non-hydrogen) atoms. The molecule has 2 aromatic carbocycles. The van der Waals surface area contributed by atoms with Gasteiger partial charge in [-0.1, -0.05) is 39.0 Å². The fourth-order valence-electron chi connectivity index (χ4n) is 3.49. The average molecular weight is 485 g/mol. The number of sulfonamides is 1. The second kappa shape index (κ2) is 9.22. The van der Waals surface area contributed by atoms with Crippen LogP contribution in [0.1, 0.15) is 37.5 Å². The number of nitrogens with two attached hydrogens (primary N) is 1. The summed E-state index contributed by atoms with van der Waals surface area (Å²) in [5, 5.41) is 0. The molecule has 0 spiro atoms. The minimum Gasteiger partial charge on any atom is -0.496 e. The van der Waals surface area contributed by atoms with Gasteiger partial charge in [-0.15, -0.1) is 0 Å². The number of nitrogens with zero attached hydrogens (tertiary/aromatic N) is 1. The van der Waals surface area contributed by atoms with Crippen LogP contribution < -0.4 is 26.4 Å². The van der Waals surface area contributed by atoms with Gasteiger partial charge in [-0.25, -0.2) is 13.2 Å². The molecule has 180 valence electrons. The first-order chi connectivity index (χ1) is 15.8. The first-order valence-corrected chi connectivity index (χ1v) is 12.3. The summed E-state index contributed by atoms with van der Waals surface area (Å²) < 4.78 is 32.4. The Morgan fingerprint density at radius 1 is 1.06 bits per heavy atom. The number of rotatable bonds is 6. The largest absolute Gasteiger partial charge is 0.496 e. The van der Waals surface area contributed by atoms with Gasteiger partial charge in [0.2, 0.25) is 10.0 Å². The normalized spacial score (nSPS) is 12.1. The Kier molecular flexibility index (Phi) is 6.74. The van der Waals surface area contributed by atoms with Crippen molar-refractivity contribution >= 4 is 33.6 Å². The second-order valence-electron chi connectivity index (χ2n) is 8.90. The van der Waals surface area contributed by atoms with Gasteiger partial charge < -0.3 is 10.5 Å². The van der Waals surface area contributed by atoms with Gasteiger partial charge in [0.05, 0.1) is 24.7 Å². The van der Waals surface area contributed by atoms with E-state index in [2.05, 4.69) is 9.71 Å². The van der Waals surface area contributed by atoms with Crippen molar-refractivity contribution in [3.8, 4) is 11.4 Å². The molecule has 1 aromatic heterocycles. The number of nitrogen functional groups attached to an aromatic ring is 1. The number of aromatic nitrogens is 2. The molecule has 0 aliphatic rings. The summed E-state index contributed by atoms with van der Waals surface area (Å²) in [6, 6.07) is 9.77. The zero-order chi connectivity index (χ0) is 25.3. The molecule has 0 saturated carbocycles. The molecule has 0 aliphatic heterocycles. The highest BCUT2D eigenvalue weighted by Crippen LogP contribution is 2.37. The van der Waals surface area contributed by atoms with Crippen molar-refractivity contribution in [1.29, 1.82) is 0 Å². The molecule has 10 heteroatoms. The molecular weight excluding hydrogens is 456 g/mol. The van der Waals surface area contributed by atoms with Crippen LogP contribution in [0.5, 0.6) is 5.75 Å². The molecule has 0 aliphatic carbocycles. The highest BCUT2D eigenvalue weighted by molar-refractivity contribution is 7.92. The molecule has 0 radical (unpaired) electrons. The third-order valence-corrected chi connectivity index (χ3v) is 5.66. The van der Waals surface area contributed by atoms with E-state index in [0.29, 0.717) is 33.9 Å². The predicted molar refractivity (Wildman–Crippen MR) is 136 cm³/mol. The van der Waals surface area contributed by atoms with Gasteiger partial charge in [0.25, 0.3) is 5.56 Å². The highest BCUT2D eigenvalue weighted by Gasteiger charge is 2.22. The average Bonchev–Trinajstić information content (AvgIpc) is 2.70. The smallest absolute Gasteiger partial charge is 0.332 e. The van der Waals surface area contributed by atoms with Crippen molar-refractivity contribution < 1.29 is 13.2 Å². The van der Waals surface area contributed by atoms with E-state index in [4.69, 9.17) is 10.5 Å². The number of hydrogen-bond donors (Lipinski definition) is 3. The zero-order valence-electron chi connectivity index (χ0n) is 19.7. The SMILES string of the molecule is COc1c(C=Cc2ccc(NS(C)(=O)=O)cc2N)cc(-n2ccc(=O)[nH]c2=O)cc1C(C)(C)C. The first-order valence-electron chi connectivity index (χ1n) is 10.4. The Balaban J connectivity index is 2.14. The van der Waals surface area contributed by atoms with Crippen molar-refractivity contribution in [2.75, 3.05) is 23.8 Å². The highest BCUT2D eigenvalue weighted by atomic mass is 32.2. The monoisotopic (exact) mass is 484 g/mol. The zero-order valence-corrected chi connectivity index (χ0v) is 20.5. The summed E-state index contributed by atoms with van der Waals surface area (Å²) >= 11 is 0. The lowest BCUT2D eigenvalue weighted by atomic mass is 9.84. The Morgan fingerprint density at radius 3 is 2.29 bits per heavy atom. The van der Waals surface area contributed by atoms with Gasteiger partial charge in [-0.05, 0) is 35.2 Å². The summed E-state index contributed by atoms with van der Waals surface area (Å²) in [6.07, 6.45) is 6.08. The second-order valence-corrected chi connectivity index (χ2v) is 10.6. The van der Waals surface area contributed by atoms with E-state index in [1.54, 1.807) is 31.4 Å². The van der Waals surface area contributed by atoms with E-state index < -0.39 is 21.3 Å². The number of ether oxygens (including phenoxy) is 1. The van der Waals surface area contributed by atoms with Gasteiger partial charge in [0.15, 0.2) is 0 Å². The van der Waals surface area contributed by atoms with E-state index >= 15 is 0 Å². The van der Waals surface area contributed by atoms with Crippen LogP contribution in [0.25, 0.3) is 17.8 Å². The van der Waals surface area contributed by atoms with Gasteiger partial charge in [0, 0.05) is 29.1 Å². The fraction of sp³-hybridized carbons (Fsp3) is 0.250. The lowest BCUT2D eigenvalue weighted by Gasteiger charge is -2.25. The Hall–Kier alpha value is -3.79. The maximum Gasteiger partial charge on any atom is 0.332 e. The Labute approximate surface area is 198 Å². The van der Waals surface area contributed by atoms with Crippen molar-refractivity contribution in [2.45, 2.75) is 26.2 Å². The van der Waals surface area contributed by atoms with Crippen molar-refractivity contribution in [1.82, 2.24) is 9.55 Å². The summed E-state index contributed by atoms with van der Waals surface area (Å²) in [6.45, 7) is 6.09. The molecule has 4 N–H and O–H groups in total. The third kappa shape index (κ3) is 5.76. The lowest BCUT2D eigenvalue weighted by molar-refractivity contribution is 0.396. The van der Waals surface area contributed by atoms with Crippen LogP contribution in [0, 0.1) is 0 Å². The van der Waals surface area contributed by atoms with E-state index in [9.17, 15) is 18.0 Å². The molecule has 3 rings (SSSR count). The van der Waals surface area contributed by atoms with Crippen LogP contribution in [0.4, 0.5) is 11.4 Å². The number of anilines is 2. The van der Waals surface area contributed by atoms with Crippen molar-refractivity contribution in [2.24, 2.45) is 0 Å². The molecule has 1 heterocycles. The van der Waals surface area contributed by atoms with Gasteiger partial charge in [0.1, 0.15) is 5.75 Å². The van der Waals surface area contributed by atoms with E-state index in [-0.39, 0.29) is 5.41 Å². The van der Waals surface area contributed by atoms with Crippen LogP contribution in [-0.4, -0.2) is 31.3 Å². The van der Waals surface area contributed by atoms with Gasteiger partial charge in [-0.3, -0.25) is 19.1 Å². The summed E-state index contributed by atoms with van der Waals surface area (Å²) in [5.74, 6) is 0.638. The van der Waals surface area contributed by atoms with Crippen LogP contribution in [0.2, 0.25) is 0 Å². The summed E-state index contributed by atoms with van der Waals surface area (Å²) in [7, 11) is -1.84. The molecule has 0 atom stereocenters. The molecule has 0 amide bonds. The van der Waals surface area contributed by atoms with E-state index in [1.165, 1.54) is 22.9 Å². The molecule has 0 unspecified atom stereocenters. The Bertz CT molecular complexity index is 1480. The summed E-state index contributed by atoms with van der Waals surface area (Å²) in [4.78, 5) is 26.2. The van der Waals surface area contributed by atoms with E-state index in [1.807, 2.05) is 32.9 Å². The maximum absolute atomic E-state index is 12.4. The molecular formula is C24H28N4O5S. The quantitative estimate of drug-likeness (QED) is 0.363. The molecule has 0 fully saturated rings. The molecule has 0 saturated heterocycles. The number of H-pyrrole nitrogens is 1. The van der Waals surface area contributed by atoms with Crippen molar-refractivity contribution in [3.63, 3.8) is 0 Å². The standard InChI is InChI=1S/C24H28N4O5S/c1-24(2,3)19-14-18(28-11-10-21(29)26-23(28)30)12-16(22(19)33-4)7-6-15-8-9-17(13-20(15)25)27-34(5,31)32/h6-14,27H,25H2,1-5H3,(H,26,29,30). The van der Waals surface area contributed by atoms with Crippen LogP contribution >= 0.6 is 0 Å².